The molecule has 1 unspecified atom stereocenters. The van der Waals surface area contributed by atoms with Gasteiger partial charge in [0.2, 0.25) is 0 Å². The number of nitrogens with one attached hydrogen (secondary N) is 1. The van der Waals surface area contributed by atoms with Crippen LogP contribution in [0.3, 0.4) is 0 Å². The maximum Gasteiger partial charge on any atom is 0.407 e. The lowest BCUT2D eigenvalue weighted by molar-refractivity contribution is 0.0530. The van der Waals surface area contributed by atoms with Crippen LogP contribution in [0, 0.1) is 0 Å². The van der Waals surface area contributed by atoms with Crippen molar-refractivity contribution in [2.24, 2.45) is 0 Å². The minimum Gasteiger partial charge on any atom is -0.444 e. The van der Waals surface area contributed by atoms with Gasteiger partial charge in [-0.3, -0.25) is 0 Å². The Morgan fingerprint density at radius 3 is 2.50 bits per heavy atom. The largest absolute Gasteiger partial charge is 0.444 e. The molecule has 12 heavy (non-hydrogen) atoms. The number of carbonyl (C=O) groups excluding carboxylic acids is 1. The zero-order valence-corrected chi connectivity index (χ0v) is 8.94. The van der Waals surface area contributed by atoms with Crippen LogP contribution in [0.4, 0.5) is 4.79 Å². The molecule has 0 spiro atoms. The fourth-order valence-electron chi connectivity index (χ4n) is 0.545. The van der Waals surface area contributed by atoms with Crippen LogP contribution in [-0.2, 0) is 4.74 Å². The highest BCUT2D eigenvalue weighted by Crippen LogP contribution is 2.06. The molecule has 0 saturated heterocycles. The van der Waals surface area contributed by atoms with Crippen LogP contribution in [0.2, 0.25) is 0 Å². The van der Waals surface area contributed by atoms with E-state index in [9.17, 15) is 4.79 Å². The summed E-state index contributed by atoms with van der Waals surface area (Å²) in [4.78, 5) is 11.0. The van der Waals surface area contributed by atoms with Crippen molar-refractivity contribution in [3.05, 3.63) is 0 Å². The summed E-state index contributed by atoms with van der Waals surface area (Å²) >= 11 is 4.11. The Bertz CT molecular complexity index is 156. The van der Waals surface area contributed by atoms with E-state index in [0.29, 0.717) is 6.54 Å². The van der Waals surface area contributed by atoms with Crippen LogP contribution in [0.15, 0.2) is 0 Å². The van der Waals surface area contributed by atoms with E-state index in [1.54, 1.807) is 0 Å². The summed E-state index contributed by atoms with van der Waals surface area (Å²) in [5.74, 6) is 0. The van der Waals surface area contributed by atoms with Gasteiger partial charge in [0.15, 0.2) is 0 Å². The van der Waals surface area contributed by atoms with Crippen molar-refractivity contribution < 1.29 is 9.53 Å². The summed E-state index contributed by atoms with van der Waals surface area (Å²) in [6.45, 7) is 6.02. The summed E-state index contributed by atoms with van der Waals surface area (Å²) in [7, 11) is 1.90. The number of thiol groups is 1. The van der Waals surface area contributed by atoms with Crippen LogP contribution in [0.5, 0.6) is 0 Å². The number of rotatable bonds is 2. The summed E-state index contributed by atoms with van der Waals surface area (Å²) in [5, 5.41) is 2.75. The van der Waals surface area contributed by atoms with Gasteiger partial charge in [0.1, 0.15) is 13.4 Å². The number of alkyl carbamates (subject to hydrolysis) is 1. The summed E-state index contributed by atoms with van der Waals surface area (Å²) < 4.78 is 5.00. The normalized spacial score (nSPS) is 13.7. The van der Waals surface area contributed by atoms with Gasteiger partial charge >= 0.3 is 6.09 Å². The highest BCUT2D eigenvalue weighted by atomic mass is 32.1. The van der Waals surface area contributed by atoms with Gasteiger partial charge in [0.25, 0.3) is 0 Å². The average Bonchev–Trinajstić information content (AvgIpc) is 1.79. The molecule has 0 heterocycles. The van der Waals surface area contributed by atoms with Gasteiger partial charge < -0.3 is 10.1 Å². The average molecular weight is 189 g/mol. The zero-order valence-electron chi connectivity index (χ0n) is 8.05. The standard InChI is InChI=1S/C7H16BNO2S/c1-7(2,3)11-6(10)9-4-5(8)12/h5,12H,4,8H2,1-3H3,(H,9,10). The van der Waals surface area contributed by atoms with E-state index in [-0.39, 0.29) is 11.2 Å². The third kappa shape index (κ3) is 7.79. The molecule has 0 radical (unpaired) electrons. The SMILES string of the molecule is BC(S)CNC(=O)OC(C)(C)C. The molecule has 0 bridgehead atoms. The second-order valence-corrected chi connectivity index (χ2v) is 4.61. The highest BCUT2D eigenvalue weighted by molar-refractivity contribution is 7.82. The number of hydrogen-bond donors (Lipinski definition) is 2. The molecular weight excluding hydrogens is 173 g/mol. The Hall–Kier alpha value is -0.315. The molecule has 0 aromatic carbocycles. The number of carbonyl (C=O) groups is 1. The summed E-state index contributed by atoms with van der Waals surface area (Å²) in [6, 6.07) is 0. The molecular formula is C7H16BNO2S. The second-order valence-electron chi connectivity index (χ2n) is 3.73. The van der Waals surface area contributed by atoms with Crippen molar-refractivity contribution in [1.82, 2.24) is 5.32 Å². The van der Waals surface area contributed by atoms with Crippen molar-refractivity contribution in [2.45, 2.75) is 31.5 Å². The molecule has 0 saturated carbocycles. The molecule has 0 fully saturated rings. The third-order valence-corrected chi connectivity index (χ3v) is 1.12. The molecule has 0 aromatic rings. The van der Waals surface area contributed by atoms with E-state index in [4.69, 9.17) is 4.74 Å². The smallest absolute Gasteiger partial charge is 0.407 e. The van der Waals surface area contributed by atoms with Crippen LogP contribution >= 0.6 is 12.6 Å². The van der Waals surface area contributed by atoms with Gasteiger partial charge in [-0.15, -0.1) is 0 Å². The van der Waals surface area contributed by atoms with Crippen molar-refractivity contribution >= 4 is 26.6 Å². The molecule has 0 aliphatic rings. The number of amides is 1. The van der Waals surface area contributed by atoms with Gasteiger partial charge in [0.05, 0.1) is 0 Å². The Balaban J connectivity index is 3.61. The van der Waals surface area contributed by atoms with Gasteiger partial charge in [-0.2, -0.15) is 12.6 Å². The fourth-order valence-corrected chi connectivity index (χ4v) is 0.637. The first-order chi connectivity index (χ1) is 5.31. The molecule has 0 rings (SSSR count). The Morgan fingerprint density at radius 2 is 2.17 bits per heavy atom. The fraction of sp³-hybridized carbons (Fsp3) is 0.857. The van der Waals surface area contributed by atoms with Crippen molar-refractivity contribution in [2.75, 3.05) is 6.54 Å². The molecule has 3 nitrogen and oxygen atoms in total. The van der Waals surface area contributed by atoms with Gasteiger partial charge in [-0.05, 0) is 25.9 Å². The van der Waals surface area contributed by atoms with E-state index in [1.165, 1.54) is 0 Å². The molecule has 5 heteroatoms. The van der Waals surface area contributed by atoms with Crippen LogP contribution < -0.4 is 5.32 Å². The van der Waals surface area contributed by atoms with E-state index < -0.39 is 5.60 Å². The minimum atomic E-state index is -0.427. The Labute approximate surface area is 80.1 Å². The van der Waals surface area contributed by atoms with Gasteiger partial charge in [-0.1, -0.05) is 0 Å². The molecule has 1 atom stereocenters. The molecule has 1 amide bonds. The minimum absolute atomic E-state index is 0.150. The molecule has 1 N–H and O–H groups in total. The molecule has 0 aliphatic carbocycles. The van der Waals surface area contributed by atoms with Crippen molar-refractivity contribution in [1.29, 1.82) is 0 Å². The maximum absolute atomic E-state index is 11.0. The topological polar surface area (TPSA) is 38.3 Å². The Kier molecular flexibility index (Phi) is 4.53. The van der Waals surface area contributed by atoms with E-state index in [0.717, 1.165) is 0 Å². The van der Waals surface area contributed by atoms with Gasteiger partial charge in [0, 0.05) is 6.54 Å². The lowest BCUT2D eigenvalue weighted by Gasteiger charge is -2.20. The second kappa shape index (κ2) is 4.65. The quantitative estimate of drug-likeness (QED) is 0.487. The zero-order chi connectivity index (χ0) is 9.78. The van der Waals surface area contributed by atoms with Crippen LogP contribution in [-0.4, -0.2) is 31.2 Å². The molecule has 0 aromatic heterocycles. The van der Waals surface area contributed by atoms with E-state index in [2.05, 4.69) is 17.9 Å². The summed E-state index contributed by atoms with van der Waals surface area (Å²) in [6.07, 6.45) is -0.386. The first-order valence-electron chi connectivity index (χ1n) is 3.96. The predicted molar refractivity (Wildman–Crippen MR) is 55.6 cm³/mol. The molecule has 0 aliphatic heterocycles. The lowest BCUT2D eigenvalue weighted by Crippen LogP contribution is -2.35. The third-order valence-electron chi connectivity index (χ3n) is 0.941. The number of hydrogen-bond acceptors (Lipinski definition) is 3. The van der Waals surface area contributed by atoms with Gasteiger partial charge in [-0.25, -0.2) is 4.79 Å². The van der Waals surface area contributed by atoms with Crippen LogP contribution in [0.1, 0.15) is 20.8 Å². The first kappa shape index (κ1) is 11.7. The molecule has 70 valence electrons. The van der Waals surface area contributed by atoms with E-state index in [1.807, 2.05) is 28.6 Å². The van der Waals surface area contributed by atoms with Crippen LogP contribution in [0.25, 0.3) is 0 Å². The lowest BCUT2D eigenvalue weighted by atomic mass is 10.1. The first-order valence-corrected chi connectivity index (χ1v) is 4.48. The van der Waals surface area contributed by atoms with Crippen molar-refractivity contribution in [3.8, 4) is 0 Å². The number of ether oxygens (including phenoxy) is 1. The van der Waals surface area contributed by atoms with Crippen molar-refractivity contribution in [3.63, 3.8) is 0 Å². The van der Waals surface area contributed by atoms with E-state index >= 15 is 0 Å². The Morgan fingerprint density at radius 1 is 1.67 bits per heavy atom. The predicted octanol–water partition coefficient (Wildman–Crippen LogP) is 0.400. The summed E-state index contributed by atoms with van der Waals surface area (Å²) in [5.41, 5.74) is -0.427. The monoisotopic (exact) mass is 189 g/mol. The highest BCUT2D eigenvalue weighted by Gasteiger charge is 2.15. The maximum atomic E-state index is 11.0.